The van der Waals surface area contributed by atoms with Crippen molar-refractivity contribution in [1.29, 1.82) is 0 Å². The lowest BCUT2D eigenvalue weighted by atomic mass is 10.2. The second-order valence-corrected chi connectivity index (χ2v) is 6.93. The van der Waals surface area contributed by atoms with Crippen molar-refractivity contribution < 1.29 is 12.8 Å². The molecule has 0 aliphatic heterocycles. The predicted molar refractivity (Wildman–Crippen MR) is 77.9 cm³/mol. The van der Waals surface area contributed by atoms with E-state index in [2.05, 4.69) is 0 Å². The summed E-state index contributed by atoms with van der Waals surface area (Å²) >= 11 is 5.76. The molecule has 0 amide bonds. The lowest BCUT2D eigenvalue weighted by Crippen LogP contribution is -2.09. The van der Waals surface area contributed by atoms with Crippen LogP contribution in [0.25, 0.3) is 0 Å². The normalized spacial score (nSPS) is 11.6. The summed E-state index contributed by atoms with van der Waals surface area (Å²) in [6, 6.07) is 8.54. The van der Waals surface area contributed by atoms with Crippen LogP contribution in [0.5, 0.6) is 0 Å². The third-order valence-electron chi connectivity index (χ3n) is 2.86. The number of nitrogens with two attached hydrogens (primary N) is 1. The monoisotopic (exact) mass is 313 g/mol. The molecule has 0 radical (unpaired) electrons. The van der Waals surface area contributed by atoms with Crippen molar-refractivity contribution in [3.63, 3.8) is 0 Å². The van der Waals surface area contributed by atoms with Gasteiger partial charge in [0.25, 0.3) is 0 Å². The lowest BCUT2D eigenvalue weighted by molar-refractivity contribution is 0.587. The van der Waals surface area contributed by atoms with E-state index in [0.29, 0.717) is 0 Å². The Kier molecular flexibility index (Phi) is 4.01. The first kappa shape index (κ1) is 14.8. The van der Waals surface area contributed by atoms with Crippen LogP contribution in [0, 0.1) is 12.7 Å². The van der Waals surface area contributed by atoms with Crippen molar-refractivity contribution in [2.45, 2.75) is 17.6 Å². The van der Waals surface area contributed by atoms with E-state index in [0.717, 1.165) is 11.6 Å². The Bertz CT molecular complexity index is 760. The molecule has 0 saturated heterocycles. The van der Waals surface area contributed by atoms with Crippen LogP contribution in [0.15, 0.2) is 41.3 Å². The summed E-state index contributed by atoms with van der Waals surface area (Å²) < 4.78 is 38.3. The van der Waals surface area contributed by atoms with Gasteiger partial charge in [-0.25, -0.2) is 12.8 Å². The molecule has 0 heterocycles. The standard InChI is InChI=1S/C14H13ClFNO2S/c1-9-2-5-13(17)14(6-9)20(18,19)8-10-7-11(15)3-4-12(10)16/h2-7H,8,17H2,1H3. The average molecular weight is 314 g/mol. The Morgan fingerprint density at radius 2 is 1.90 bits per heavy atom. The highest BCUT2D eigenvalue weighted by atomic mass is 35.5. The van der Waals surface area contributed by atoms with Crippen LogP contribution >= 0.6 is 11.6 Å². The molecule has 0 spiro atoms. The molecule has 0 aliphatic carbocycles. The van der Waals surface area contributed by atoms with Crippen LogP contribution in [0.3, 0.4) is 0 Å². The fraction of sp³-hybridized carbons (Fsp3) is 0.143. The van der Waals surface area contributed by atoms with Gasteiger partial charge in [0.2, 0.25) is 0 Å². The Morgan fingerprint density at radius 3 is 2.60 bits per heavy atom. The maximum absolute atomic E-state index is 13.6. The number of halogens is 2. The van der Waals surface area contributed by atoms with Gasteiger partial charge in [0, 0.05) is 10.6 Å². The number of nitrogen functional groups attached to an aromatic ring is 1. The molecule has 0 aromatic heterocycles. The van der Waals surface area contributed by atoms with E-state index >= 15 is 0 Å². The van der Waals surface area contributed by atoms with Gasteiger partial charge < -0.3 is 5.73 Å². The minimum atomic E-state index is -3.73. The molecule has 3 nitrogen and oxygen atoms in total. The van der Waals surface area contributed by atoms with Crippen LogP contribution in [-0.2, 0) is 15.6 Å². The zero-order valence-electron chi connectivity index (χ0n) is 10.7. The number of anilines is 1. The highest BCUT2D eigenvalue weighted by Crippen LogP contribution is 2.25. The Labute approximate surface area is 122 Å². The van der Waals surface area contributed by atoms with Crippen molar-refractivity contribution in [3.8, 4) is 0 Å². The third kappa shape index (κ3) is 3.11. The number of hydrogen-bond donors (Lipinski definition) is 1. The maximum Gasteiger partial charge on any atom is 0.184 e. The first-order chi connectivity index (χ1) is 9.29. The summed E-state index contributed by atoms with van der Waals surface area (Å²) in [4.78, 5) is 0.0110. The number of benzene rings is 2. The highest BCUT2D eigenvalue weighted by Gasteiger charge is 2.20. The lowest BCUT2D eigenvalue weighted by Gasteiger charge is -2.09. The van der Waals surface area contributed by atoms with Crippen LogP contribution in [0.4, 0.5) is 10.1 Å². The second kappa shape index (κ2) is 5.42. The fourth-order valence-electron chi connectivity index (χ4n) is 1.85. The van der Waals surface area contributed by atoms with Crippen molar-refractivity contribution in [2.75, 3.05) is 5.73 Å². The minimum Gasteiger partial charge on any atom is -0.398 e. The molecule has 0 atom stereocenters. The summed E-state index contributed by atoms with van der Waals surface area (Å²) in [5.41, 5.74) is 6.64. The molecule has 106 valence electrons. The molecular formula is C14H13ClFNO2S. The second-order valence-electron chi connectivity index (χ2n) is 4.54. The van der Waals surface area contributed by atoms with E-state index in [4.69, 9.17) is 17.3 Å². The van der Waals surface area contributed by atoms with Crippen molar-refractivity contribution in [2.24, 2.45) is 0 Å². The zero-order valence-corrected chi connectivity index (χ0v) is 12.3. The molecule has 6 heteroatoms. The van der Waals surface area contributed by atoms with Gasteiger partial charge >= 0.3 is 0 Å². The van der Waals surface area contributed by atoms with Gasteiger partial charge in [-0.2, -0.15) is 0 Å². The first-order valence-corrected chi connectivity index (χ1v) is 7.85. The molecule has 0 unspecified atom stereocenters. The summed E-state index contributed by atoms with van der Waals surface area (Å²) in [5, 5.41) is 0.286. The smallest absolute Gasteiger partial charge is 0.184 e. The van der Waals surface area contributed by atoms with Gasteiger partial charge in [-0.05, 0) is 42.8 Å². The summed E-state index contributed by atoms with van der Waals surface area (Å²) in [7, 11) is -3.73. The molecule has 2 N–H and O–H groups in total. The minimum absolute atomic E-state index is 0.0110. The van der Waals surface area contributed by atoms with Crippen LogP contribution < -0.4 is 5.73 Å². The number of hydrogen-bond acceptors (Lipinski definition) is 3. The quantitative estimate of drug-likeness (QED) is 0.884. The van der Waals surface area contributed by atoms with E-state index in [1.807, 2.05) is 0 Å². The molecule has 2 aromatic carbocycles. The number of sulfone groups is 1. The molecule has 20 heavy (non-hydrogen) atoms. The average Bonchev–Trinajstić information content (AvgIpc) is 2.36. The van der Waals surface area contributed by atoms with Crippen molar-refractivity contribution >= 4 is 27.1 Å². The first-order valence-electron chi connectivity index (χ1n) is 5.82. The molecule has 2 rings (SSSR count). The molecule has 0 aliphatic rings. The van der Waals surface area contributed by atoms with E-state index in [1.165, 1.54) is 24.3 Å². The summed E-state index contributed by atoms with van der Waals surface area (Å²) in [6.45, 7) is 1.76. The Morgan fingerprint density at radius 1 is 1.20 bits per heavy atom. The van der Waals surface area contributed by atoms with Crippen LogP contribution in [0.2, 0.25) is 5.02 Å². The molecule has 2 aromatic rings. The Hall–Kier alpha value is -1.59. The molecule has 0 saturated carbocycles. The maximum atomic E-state index is 13.6. The Balaban J connectivity index is 2.46. The van der Waals surface area contributed by atoms with Gasteiger partial charge in [-0.15, -0.1) is 0 Å². The van der Waals surface area contributed by atoms with Gasteiger partial charge in [0.1, 0.15) is 5.82 Å². The third-order valence-corrected chi connectivity index (χ3v) is 4.81. The van der Waals surface area contributed by atoms with Gasteiger partial charge in [-0.1, -0.05) is 17.7 Å². The van der Waals surface area contributed by atoms with Gasteiger partial charge in [0.05, 0.1) is 16.3 Å². The molecule has 0 fully saturated rings. The largest absolute Gasteiger partial charge is 0.398 e. The highest BCUT2D eigenvalue weighted by molar-refractivity contribution is 7.90. The number of aryl methyl sites for hydroxylation is 1. The van der Waals surface area contributed by atoms with E-state index in [1.54, 1.807) is 13.0 Å². The summed E-state index contributed by atoms with van der Waals surface area (Å²) in [6.07, 6.45) is 0. The zero-order chi connectivity index (χ0) is 14.9. The van der Waals surface area contributed by atoms with Crippen LogP contribution in [0.1, 0.15) is 11.1 Å². The predicted octanol–water partition coefficient (Wildman–Crippen LogP) is 3.34. The van der Waals surface area contributed by atoms with Gasteiger partial charge in [0.15, 0.2) is 9.84 Å². The fourth-order valence-corrected chi connectivity index (χ4v) is 3.62. The van der Waals surface area contributed by atoms with Crippen molar-refractivity contribution in [3.05, 3.63) is 58.4 Å². The summed E-state index contributed by atoms with van der Waals surface area (Å²) in [5.74, 6) is -1.09. The van der Waals surface area contributed by atoms with Gasteiger partial charge in [-0.3, -0.25) is 0 Å². The van der Waals surface area contributed by atoms with Crippen LogP contribution in [-0.4, -0.2) is 8.42 Å². The van der Waals surface area contributed by atoms with Crippen molar-refractivity contribution in [1.82, 2.24) is 0 Å². The SMILES string of the molecule is Cc1ccc(N)c(S(=O)(=O)Cc2cc(Cl)ccc2F)c1. The van der Waals surface area contributed by atoms with E-state index < -0.39 is 21.4 Å². The van der Waals surface area contributed by atoms with E-state index in [9.17, 15) is 12.8 Å². The topological polar surface area (TPSA) is 60.2 Å². The molecular weight excluding hydrogens is 301 g/mol. The number of rotatable bonds is 3. The van der Waals surface area contributed by atoms with E-state index in [-0.39, 0.29) is 21.2 Å². The molecule has 0 bridgehead atoms.